The third-order valence-corrected chi connectivity index (χ3v) is 3.44. The summed E-state index contributed by atoms with van der Waals surface area (Å²) >= 11 is 1.30. The molecule has 1 aromatic carbocycles. The molecule has 1 amide bonds. The Kier molecular flexibility index (Phi) is 3.97. The fourth-order valence-corrected chi connectivity index (χ4v) is 2.42. The topological polar surface area (TPSA) is 57.6 Å². The first-order valence-electron chi connectivity index (χ1n) is 5.72. The summed E-state index contributed by atoms with van der Waals surface area (Å²) in [6.45, 7) is 1.55. The van der Waals surface area contributed by atoms with Crippen LogP contribution in [0.25, 0.3) is 0 Å². The lowest BCUT2D eigenvalue weighted by Crippen LogP contribution is -2.35. The van der Waals surface area contributed by atoms with E-state index in [9.17, 15) is 9.59 Å². The average molecular weight is 275 g/mol. The SMILES string of the molecule is Cc1cccc(N(CC(=O)O)C(=O)c2cccs2)c1. The van der Waals surface area contributed by atoms with Crippen molar-refractivity contribution in [2.75, 3.05) is 11.4 Å². The summed E-state index contributed by atoms with van der Waals surface area (Å²) < 4.78 is 0. The first-order chi connectivity index (χ1) is 9.08. The number of anilines is 1. The van der Waals surface area contributed by atoms with Crippen LogP contribution in [-0.2, 0) is 4.79 Å². The molecule has 0 aliphatic carbocycles. The number of amides is 1. The number of aliphatic carboxylic acids is 1. The monoisotopic (exact) mass is 275 g/mol. The van der Waals surface area contributed by atoms with Crippen LogP contribution in [-0.4, -0.2) is 23.5 Å². The summed E-state index contributed by atoms with van der Waals surface area (Å²) in [5.74, 6) is -1.32. The normalized spacial score (nSPS) is 10.2. The van der Waals surface area contributed by atoms with Gasteiger partial charge in [0.25, 0.3) is 5.91 Å². The van der Waals surface area contributed by atoms with Crippen LogP contribution in [0.1, 0.15) is 15.2 Å². The van der Waals surface area contributed by atoms with Gasteiger partial charge in [-0.15, -0.1) is 11.3 Å². The predicted molar refractivity (Wildman–Crippen MR) is 74.8 cm³/mol. The van der Waals surface area contributed by atoms with Gasteiger partial charge in [0.15, 0.2) is 0 Å². The van der Waals surface area contributed by atoms with Crippen molar-refractivity contribution >= 4 is 28.9 Å². The minimum absolute atomic E-state index is 0.289. The van der Waals surface area contributed by atoms with Crippen molar-refractivity contribution in [3.63, 3.8) is 0 Å². The Morgan fingerprint density at radius 1 is 1.26 bits per heavy atom. The molecule has 1 heterocycles. The van der Waals surface area contributed by atoms with E-state index in [1.807, 2.05) is 13.0 Å². The molecular formula is C14H13NO3S. The molecule has 0 saturated heterocycles. The molecule has 0 unspecified atom stereocenters. The van der Waals surface area contributed by atoms with Gasteiger partial charge in [0, 0.05) is 5.69 Å². The first-order valence-corrected chi connectivity index (χ1v) is 6.60. The van der Waals surface area contributed by atoms with E-state index in [0.717, 1.165) is 5.56 Å². The highest BCUT2D eigenvalue weighted by atomic mass is 32.1. The largest absolute Gasteiger partial charge is 0.480 e. The Bertz CT molecular complexity index is 592. The van der Waals surface area contributed by atoms with Crippen LogP contribution >= 0.6 is 11.3 Å². The number of nitrogens with zero attached hydrogens (tertiary/aromatic N) is 1. The Labute approximate surface area is 114 Å². The lowest BCUT2D eigenvalue weighted by Gasteiger charge is -2.20. The van der Waals surface area contributed by atoms with Gasteiger partial charge < -0.3 is 5.11 Å². The van der Waals surface area contributed by atoms with Crippen LogP contribution in [0.5, 0.6) is 0 Å². The van der Waals surface area contributed by atoms with Crippen LogP contribution in [0.15, 0.2) is 41.8 Å². The van der Waals surface area contributed by atoms with Crippen LogP contribution in [0.2, 0.25) is 0 Å². The number of carbonyl (C=O) groups is 2. The third kappa shape index (κ3) is 3.20. The lowest BCUT2D eigenvalue weighted by atomic mass is 10.2. The summed E-state index contributed by atoms with van der Waals surface area (Å²) in [4.78, 5) is 25.1. The third-order valence-electron chi connectivity index (χ3n) is 2.58. The minimum atomic E-state index is -1.04. The zero-order chi connectivity index (χ0) is 13.8. The van der Waals surface area contributed by atoms with Gasteiger partial charge in [-0.3, -0.25) is 14.5 Å². The van der Waals surface area contributed by atoms with Crippen molar-refractivity contribution in [3.05, 3.63) is 52.2 Å². The molecule has 98 valence electrons. The molecule has 0 atom stereocenters. The van der Waals surface area contributed by atoms with E-state index >= 15 is 0 Å². The van der Waals surface area contributed by atoms with Crippen LogP contribution < -0.4 is 4.90 Å². The fraction of sp³-hybridized carbons (Fsp3) is 0.143. The molecule has 0 saturated carbocycles. The summed E-state index contributed by atoms with van der Waals surface area (Å²) in [5, 5.41) is 10.8. The van der Waals surface area contributed by atoms with Gasteiger partial charge in [0.05, 0.1) is 4.88 Å². The summed E-state index contributed by atoms with van der Waals surface area (Å²) in [6, 6.07) is 10.7. The quantitative estimate of drug-likeness (QED) is 0.933. The smallest absolute Gasteiger partial charge is 0.323 e. The highest BCUT2D eigenvalue weighted by Gasteiger charge is 2.21. The highest BCUT2D eigenvalue weighted by Crippen LogP contribution is 2.20. The molecule has 0 aliphatic rings. The maximum Gasteiger partial charge on any atom is 0.323 e. The molecule has 2 aromatic rings. The number of carbonyl (C=O) groups excluding carboxylic acids is 1. The maximum absolute atomic E-state index is 12.3. The molecule has 1 N–H and O–H groups in total. The number of benzene rings is 1. The van der Waals surface area contributed by atoms with Crippen molar-refractivity contribution in [1.29, 1.82) is 0 Å². The molecule has 5 heteroatoms. The number of carboxylic acid groups (broad SMARTS) is 1. The zero-order valence-electron chi connectivity index (χ0n) is 10.4. The van der Waals surface area contributed by atoms with Gasteiger partial charge in [-0.05, 0) is 36.1 Å². The Balaban J connectivity index is 2.36. The molecule has 4 nitrogen and oxygen atoms in total. The van der Waals surface area contributed by atoms with Crippen molar-refractivity contribution in [2.24, 2.45) is 0 Å². The molecule has 0 fully saturated rings. The molecule has 0 aliphatic heterocycles. The molecule has 2 rings (SSSR count). The van der Waals surface area contributed by atoms with E-state index in [1.165, 1.54) is 16.2 Å². The van der Waals surface area contributed by atoms with Gasteiger partial charge in [0.2, 0.25) is 0 Å². The number of hydrogen-bond acceptors (Lipinski definition) is 3. The number of hydrogen-bond donors (Lipinski definition) is 1. The van der Waals surface area contributed by atoms with Gasteiger partial charge in [-0.2, -0.15) is 0 Å². The number of thiophene rings is 1. The molecule has 0 spiro atoms. The summed E-state index contributed by atoms with van der Waals surface area (Å²) in [6.07, 6.45) is 0. The molecule has 19 heavy (non-hydrogen) atoms. The summed E-state index contributed by atoms with van der Waals surface area (Å²) in [7, 11) is 0. The van der Waals surface area contributed by atoms with Crippen LogP contribution in [0.3, 0.4) is 0 Å². The van der Waals surface area contributed by atoms with E-state index in [0.29, 0.717) is 10.6 Å². The van der Waals surface area contributed by atoms with E-state index in [4.69, 9.17) is 5.11 Å². The van der Waals surface area contributed by atoms with Gasteiger partial charge in [-0.1, -0.05) is 18.2 Å². The van der Waals surface area contributed by atoms with Crippen LogP contribution in [0, 0.1) is 6.92 Å². The Morgan fingerprint density at radius 2 is 2.05 bits per heavy atom. The molecular weight excluding hydrogens is 262 g/mol. The average Bonchev–Trinajstić information content (AvgIpc) is 2.88. The summed E-state index contributed by atoms with van der Waals surface area (Å²) in [5.41, 5.74) is 1.58. The Morgan fingerprint density at radius 3 is 2.63 bits per heavy atom. The van der Waals surface area contributed by atoms with Crippen molar-refractivity contribution in [3.8, 4) is 0 Å². The minimum Gasteiger partial charge on any atom is -0.480 e. The van der Waals surface area contributed by atoms with Gasteiger partial charge in [-0.25, -0.2) is 0 Å². The number of aryl methyl sites for hydroxylation is 1. The van der Waals surface area contributed by atoms with E-state index in [2.05, 4.69) is 0 Å². The zero-order valence-corrected chi connectivity index (χ0v) is 11.2. The molecule has 0 bridgehead atoms. The van der Waals surface area contributed by atoms with Crippen molar-refractivity contribution in [2.45, 2.75) is 6.92 Å². The first kappa shape index (κ1) is 13.3. The lowest BCUT2D eigenvalue weighted by molar-refractivity contribution is -0.135. The molecule has 1 aromatic heterocycles. The van der Waals surface area contributed by atoms with Crippen LogP contribution in [0.4, 0.5) is 5.69 Å². The maximum atomic E-state index is 12.3. The van der Waals surface area contributed by atoms with Crippen molar-refractivity contribution < 1.29 is 14.7 Å². The van der Waals surface area contributed by atoms with E-state index in [1.54, 1.807) is 35.7 Å². The number of carboxylic acids is 1. The Hall–Kier alpha value is -2.14. The fourth-order valence-electron chi connectivity index (χ4n) is 1.74. The molecule has 0 radical (unpaired) electrons. The van der Waals surface area contributed by atoms with Crippen molar-refractivity contribution in [1.82, 2.24) is 0 Å². The number of rotatable bonds is 4. The van der Waals surface area contributed by atoms with Gasteiger partial charge >= 0.3 is 5.97 Å². The van der Waals surface area contributed by atoms with Gasteiger partial charge in [0.1, 0.15) is 6.54 Å². The second kappa shape index (κ2) is 5.67. The van der Waals surface area contributed by atoms with E-state index < -0.39 is 5.97 Å². The standard InChI is InChI=1S/C14H13NO3S/c1-10-4-2-5-11(8-10)15(9-13(16)17)14(18)12-6-3-7-19-12/h2-8H,9H2,1H3,(H,16,17). The van der Waals surface area contributed by atoms with E-state index in [-0.39, 0.29) is 12.5 Å². The second-order valence-corrected chi connectivity index (χ2v) is 5.05. The predicted octanol–water partition coefficient (Wildman–Crippen LogP) is 2.79. The second-order valence-electron chi connectivity index (χ2n) is 4.10. The highest BCUT2D eigenvalue weighted by molar-refractivity contribution is 7.12.